The molecular weight excluding hydrogens is 237 g/mol. The first-order valence-electron chi connectivity index (χ1n) is 3.47. The highest BCUT2D eigenvalue weighted by molar-refractivity contribution is 9.10. The average Bonchev–Trinajstić information content (AvgIpc) is 2.04. The zero-order chi connectivity index (χ0) is 8.55. The van der Waals surface area contributed by atoms with Gasteiger partial charge in [-0.25, -0.2) is 0 Å². The van der Waals surface area contributed by atoms with E-state index in [1.807, 2.05) is 24.3 Å². The van der Waals surface area contributed by atoms with Gasteiger partial charge in [0.15, 0.2) is 0 Å². The van der Waals surface area contributed by atoms with E-state index in [0.717, 1.165) is 15.4 Å². The minimum atomic E-state index is 0.681. The summed E-state index contributed by atoms with van der Waals surface area (Å²) in [6.45, 7) is 0. The van der Waals surface area contributed by atoms with Crippen LogP contribution in [0, 0.1) is 0 Å². The molecule has 0 unspecified atom stereocenters. The molecule has 0 amide bonds. The topological polar surface area (TPSA) is 12.9 Å². The molecule has 0 spiro atoms. The number of hydrogen-bond donors (Lipinski definition) is 0. The summed E-state index contributed by atoms with van der Waals surface area (Å²) in [7, 11) is 0. The number of hydrogen-bond acceptors (Lipinski definition) is 1. The van der Waals surface area contributed by atoms with E-state index in [-0.39, 0.29) is 0 Å². The molecule has 2 rings (SSSR count). The van der Waals surface area contributed by atoms with Gasteiger partial charge in [-0.2, -0.15) is 0 Å². The summed E-state index contributed by atoms with van der Waals surface area (Å²) in [6, 6.07) is 7.72. The molecule has 3 heteroatoms. The molecular formula is C9H5BrClN. The maximum absolute atomic E-state index is 5.97. The summed E-state index contributed by atoms with van der Waals surface area (Å²) in [4.78, 5) is 4.17. The number of pyridine rings is 1. The van der Waals surface area contributed by atoms with Crippen molar-refractivity contribution in [3.63, 3.8) is 0 Å². The van der Waals surface area contributed by atoms with Gasteiger partial charge in [-0.05, 0) is 18.2 Å². The summed E-state index contributed by atoms with van der Waals surface area (Å²) in [5, 5.41) is 1.73. The van der Waals surface area contributed by atoms with Crippen molar-refractivity contribution in [1.29, 1.82) is 0 Å². The zero-order valence-electron chi connectivity index (χ0n) is 6.09. The molecule has 0 saturated heterocycles. The van der Waals surface area contributed by atoms with Crippen LogP contribution in [0.3, 0.4) is 0 Å². The number of halogens is 2. The van der Waals surface area contributed by atoms with Crippen molar-refractivity contribution >= 4 is 38.4 Å². The lowest BCUT2D eigenvalue weighted by atomic mass is 10.2. The van der Waals surface area contributed by atoms with Gasteiger partial charge in [0.2, 0.25) is 0 Å². The first kappa shape index (κ1) is 8.02. The van der Waals surface area contributed by atoms with Crippen LogP contribution < -0.4 is 0 Å². The molecule has 60 valence electrons. The SMILES string of the molecule is Clc1cc(Br)cc2cccnc12. The van der Waals surface area contributed by atoms with Crippen molar-refractivity contribution in [3.8, 4) is 0 Å². The van der Waals surface area contributed by atoms with Crippen molar-refractivity contribution in [2.75, 3.05) is 0 Å². The van der Waals surface area contributed by atoms with Gasteiger partial charge in [0.1, 0.15) is 0 Å². The standard InChI is InChI=1S/C9H5BrClN/c10-7-4-6-2-1-3-12-9(6)8(11)5-7/h1-5H. The maximum atomic E-state index is 5.97. The van der Waals surface area contributed by atoms with Gasteiger partial charge in [-0.1, -0.05) is 33.6 Å². The lowest BCUT2D eigenvalue weighted by Crippen LogP contribution is -1.78. The van der Waals surface area contributed by atoms with Gasteiger partial charge < -0.3 is 0 Å². The van der Waals surface area contributed by atoms with Crippen LogP contribution in [0.1, 0.15) is 0 Å². The second kappa shape index (κ2) is 3.04. The van der Waals surface area contributed by atoms with Crippen LogP contribution in [0.5, 0.6) is 0 Å². The molecule has 12 heavy (non-hydrogen) atoms. The first-order chi connectivity index (χ1) is 5.77. The number of rotatable bonds is 0. The van der Waals surface area contributed by atoms with Crippen molar-refractivity contribution in [3.05, 3.63) is 40.0 Å². The molecule has 0 fully saturated rings. The lowest BCUT2D eigenvalue weighted by molar-refractivity contribution is 1.41. The number of benzene rings is 1. The average molecular weight is 243 g/mol. The Bertz CT molecular complexity index is 428. The fourth-order valence-corrected chi connectivity index (χ4v) is 2.00. The predicted molar refractivity (Wildman–Crippen MR) is 54.5 cm³/mol. The van der Waals surface area contributed by atoms with Crippen LogP contribution in [0.4, 0.5) is 0 Å². The Balaban J connectivity index is 2.89. The van der Waals surface area contributed by atoms with Gasteiger partial charge >= 0.3 is 0 Å². The lowest BCUT2D eigenvalue weighted by Gasteiger charge is -1.99. The molecule has 0 radical (unpaired) electrons. The van der Waals surface area contributed by atoms with Crippen LogP contribution in [-0.4, -0.2) is 4.98 Å². The Morgan fingerprint density at radius 3 is 3.00 bits per heavy atom. The highest BCUT2D eigenvalue weighted by Gasteiger charge is 2.00. The summed E-state index contributed by atoms with van der Waals surface area (Å²) in [6.07, 6.45) is 1.74. The number of aromatic nitrogens is 1. The van der Waals surface area contributed by atoms with E-state index in [4.69, 9.17) is 11.6 Å². The van der Waals surface area contributed by atoms with Crippen molar-refractivity contribution in [1.82, 2.24) is 4.98 Å². The summed E-state index contributed by atoms with van der Waals surface area (Å²) in [5.41, 5.74) is 0.849. The normalized spacial score (nSPS) is 10.5. The minimum absolute atomic E-state index is 0.681. The van der Waals surface area contributed by atoms with Crippen molar-refractivity contribution in [2.24, 2.45) is 0 Å². The third-order valence-electron chi connectivity index (χ3n) is 1.62. The fraction of sp³-hybridized carbons (Fsp3) is 0. The summed E-state index contributed by atoms with van der Waals surface area (Å²) in [5.74, 6) is 0. The smallest absolute Gasteiger partial charge is 0.0888 e. The van der Waals surface area contributed by atoms with Gasteiger partial charge in [0.25, 0.3) is 0 Å². The van der Waals surface area contributed by atoms with E-state index < -0.39 is 0 Å². The molecule has 0 aliphatic rings. The fourth-order valence-electron chi connectivity index (χ4n) is 1.11. The molecule has 1 aromatic carbocycles. The maximum Gasteiger partial charge on any atom is 0.0888 e. The molecule has 0 atom stereocenters. The molecule has 0 N–H and O–H groups in total. The van der Waals surface area contributed by atoms with E-state index in [9.17, 15) is 0 Å². The quantitative estimate of drug-likeness (QED) is 0.687. The van der Waals surface area contributed by atoms with E-state index in [2.05, 4.69) is 20.9 Å². The van der Waals surface area contributed by atoms with Gasteiger partial charge in [0, 0.05) is 16.1 Å². The Labute approximate surface area is 83.5 Å². The monoisotopic (exact) mass is 241 g/mol. The highest BCUT2D eigenvalue weighted by atomic mass is 79.9. The molecule has 0 bridgehead atoms. The second-order valence-corrected chi connectivity index (χ2v) is 3.79. The van der Waals surface area contributed by atoms with Gasteiger partial charge in [-0.3, -0.25) is 4.98 Å². The predicted octanol–water partition coefficient (Wildman–Crippen LogP) is 3.65. The van der Waals surface area contributed by atoms with Crippen LogP contribution in [0.15, 0.2) is 34.9 Å². The van der Waals surface area contributed by atoms with Crippen LogP contribution in [-0.2, 0) is 0 Å². The van der Waals surface area contributed by atoms with Gasteiger partial charge in [-0.15, -0.1) is 0 Å². The molecule has 0 aliphatic carbocycles. The van der Waals surface area contributed by atoms with Crippen molar-refractivity contribution < 1.29 is 0 Å². The molecule has 1 heterocycles. The number of fused-ring (bicyclic) bond motifs is 1. The van der Waals surface area contributed by atoms with E-state index in [0.29, 0.717) is 5.02 Å². The van der Waals surface area contributed by atoms with E-state index >= 15 is 0 Å². The third-order valence-corrected chi connectivity index (χ3v) is 2.37. The minimum Gasteiger partial charge on any atom is -0.255 e. The third kappa shape index (κ3) is 1.32. The zero-order valence-corrected chi connectivity index (χ0v) is 8.43. The van der Waals surface area contributed by atoms with E-state index in [1.165, 1.54) is 0 Å². The molecule has 2 aromatic rings. The highest BCUT2D eigenvalue weighted by Crippen LogP contribution is 2.25. The van der Waals surface area contributed by atoms with E-state index in [1.54, 1.807) is 6.20 Å². The molecule has 0 saturated carbocycles. The number of nitrogens with zero attached hydrogens (tertiary/aromatic N) is 1. The van der Waals surface area contributed by atoms with Gasteiger partial charge in [0.05, 0.1) is 10.5 Å². The Morgan fingerprint density at radius 1 is 1.33 bits per heavy atom. The van der Waals surface area contributed by atoms with Crippen LogP contribution in [0.25, 0.3) is 10.9 Å². The largest absolute Gasteiger partial charge is 0.255 e. The van der Waals surface area contributed by atoms with Crippen molar-refractivity contribution in [2.45, 2.75) is 0 Å². The molecule has 1 aromatic heterocycles. The van der Waals surface area contributed by atoms with Crippen LogP contribution in [0.2, 0.25) is 5.02 Å². The molecule has 0 aliphatic heterocycles. The van der Waals surface area contributed by atoms with Crippen LogP contribution >= 0.6 is 27.5 Å². The Hall–Kier alpha value is -0.600. The Morgan fingerprint density at radius 2 is 2.17 bits per heavy atom. The molecule has 1 nitrogen and oxygen atoms in total. The Kier molecular flexibility index (Phi) is 2.03. The summed E-state index contributed by atoms with van der Waals surface area (Å²) < 4.78 is 0.980. The first-order valence-corrected chi connectivity index (χ1v) is 4.64. The second-order valence-electron chi connectivity index (χ2n) is 2.46. The summed E-state index contributed by atoms with van der Waals surface area (Å²) >= 11 is 9.34.